The average Bonchev–Trinajstić information content (AvgIpc) is 1.12. The molecule has 14 heavy (non-hydrogen) atoms. The fourth-order valence-electron chi connectivity index (χ4n) is 0. The van der Waals surface area contributed by atoms with Gasteiger partial charge in [-0.1, -0.05) is 0 Å². The molecule has 0 aliphatic carbocycles. The van der Waals surface area contributed by atoms with Crippen molar-refractivity contribution in [2.75, 3.05) is 0 Å². The van der Waals surface area contributed by atoms with E-state index in [1.165, 1.54) is 0 Å². The number of hydrogen-bond donors (Lipinski definition) is 0. The van der Waals surface area contributed by atoms with Crippen LogP contribution in [0.2, 0.25) is 0 Å². The minimum atomic E-state index is -5.39. The van der Waals surface area contributed by atoms with Crippen LogP contribution in [-0.4, -0.2) is 136 Å². The third kappa shape index (κ3) is 191. The minimum absolute atomic E-state index is 0. The topological polar surface area (TPSA) is 172 Å². The summed E-state index contributed by atoms with van der Waals surface area (Å²) >= 11 is 0. The summed E-state index contributed by atoms with van der Waals surface area (Å²) in [7, 11) is -10.8. The van der Waals surface area contributed by atoms with E-state index in [2.05, 4.69) is 0 Å². The Labute approximate surface area is 190 Å². The standard InChI is InChI=1S/FH.2H3O4P.3Sr/c;2*1-5(2,3)4;;;/h1H;2*(H3,1,2,3,4);;;/q;;;3*+2/p-6. The first kappa shape index (κ1) is 36.3. The molecule has 0 rings (SSSR count). The van der Waals surface area contributed by atoms with Crippen LogP contribution in [0, 0.1) is 0 Å². The van der Waals surface area contributed by atoms with Gasteiger partial charge in [-0.05, 0) is 0 Å². The fraction of sp³-hybridized carbons (Fsp3) is 0. The van der Waals surface area contributed by atoms with Gasteiger partial charge in [0, 0.05) is 0 Å². The Kier molecular flexibility index (Phi) is 45.6. The molecule has 0 amide bonds. The SMILES string of the molecule is F.O=P([O-])([O-])[O-].O=P([O-])([O-])[O-].[Sr+2].[Sr+2].[Sr+2]. The average molecular weight is 473 g/mol. The first-order chi connectivity index (χ1) is 4.00. The summed E-state index contributed by atoms with van der Waals surface area (Å²) < 4.78 is 17.1. The Hall–Kier alpha value is 4.59. The molecule has 0 atom stereocenters. The van der Waals surface area contributed by atoms with Crippen LogP contribution in [0.15, 0.2) is 0 Å². The van der Waals surface area contributed by atoms with Crippen LogP contribution in [0.4, 0.5) is 4.70 Å². The van der Waals surface area contributed by atoms with E-state index in [-0.39, 0.29) is 141 Å². The van der Waals surface area contributed by atoms with Crippen LogP contribution in [0.3, 0.4) is 0 Å². The number of halogens is 1. The Morgan fingerprint density at radius 3 is 0.571 bits per heavy atom. The van der Waals surface area contributed by atoms with Crippen LogP contribution in [0.1, 0.15) is 0 Å². The Bertz CT molecular complexity index is 135. The van der Waals surface area contributed by atoms with Crippen LogP contribution in [0.25, 0.3) is 0 Å². The van der Waals surface area contributed by atoms with Crippen molar-refractivity contribution in [3.63, 3.8) is 0 Å². The van der Waals surface area contributed by atoms with E-state index in [1.807, 2.05) is 0 Å². The zero-order valence-corrected chi connectivity index (χ0v) is 18.9. The second kappa shape index (κ2) is 17.6. The van der Waals surface area contributed by atoms with Crippen LogP contribution < -0.4 is 29.4 Å². The molecule has 0 aromatic carbocycles. The second-order valence-corrected chi connectivity index (χ2v) is 2.68. The summed E-state index contributed by atoms with van der Waals surface area (Å²) in [5, 5.41) is 0. The molecule has 0 aromatic rings. The maximum absolute atomic E-state index is 8.55. The summed E-state index contributed by atoms with van der Waals surface area (Å²) in [5.74, 6) is 0. The predicted molar refractivity (Wildman–Crippen MR) is 35.0 cm³/mol. The first-order valence-corrected chi connectivity index (χ1v) is 4.38. The van der Waals surface area contributed by atoms with Gasteiger partial charge in [0.2, 0.25) is 0 Å². The largest absolute Gasteiger partial charge is 2.00 e. The minimum Gasteiger partial charge on any atom is -0.822 e. The summed E-state index contributed by atoms with van der Waals surface area (Å²) in [6.07, 6.45) is 0. The van der Waals surface area contributed by atoms with Crippen molar-refractivity contribution in [1.82, 2.24) is 0 Å². The smallest absolute Gasteiger partial charge is 0.822 e. The molecule has 0 saturated carbocycles. The van der Waals surface area contributed by atoms with Gasteiger partial charge in [-0.3, -0.25) is 4.70 Å². The zero-order valence-electron chi connectivity index (χ0n) is 6.69. The van der Waals surface area contributed by atoms with Crippen molar-refractivity contribution in [2.45, 2.75) is 0 Å². The molecule has 14 heteroatoms. The quantitative estimate of drug-likeness (QED) is 0.247. The molecular weight excluding hydrogens is 472 g/mol. The third-order valence-corrected chi connectivity index (χ3v) is 0. The van der Waals surface area contributed by atoms with Gasteiger partial charge in [0.25, 0.3) is 0 Å². The van der Waals surface area contributed by atoms with Gasteiger partial charge in [-0.15, -0.1) is 0 Å². The summed E-state index contributed by atoms with van der Waals surface area (Å²) in [5.41, 5.74) is 0. The summed E-state index contributed by atoms with van der Waals surface area (Å²) in [6, 6.07) is 0. The van der Waals surface area contributed by atoms with Gasteiger partial charge < -0.3 is 38.5 Å². The third-order valence-electron chi connectivity index (χ3n) is 0. The molecule has 0 aromatic heterocycles. The van der Waals surface area contributed by atoms with E-state index in [9.17, 15) is 0 Å². The Balaban J connectivity index is -0.0000000178. The molecule has 72 valence electrons. The van der Waals surface area contributed by atoms with Gasteiger partial charge in [0.1, 0.15) is 0 Å². The van der Waals surface area contributed by atoms with Crippen molar-refractivity contribution >= 4 is 152 Å². The fourth-order valence-corrected chi connectivity index (χ4v) is 0. The van der Waals surface area contributed by atoms with Crippen molar-refractivity contribution in [2.24, 2.45) is 0 Å². The monoisotopic (exact) mass is 474 g/mol. The molecule has 0 unspecified atom stereocenters. The van der Waals surface area contributed by atoms with Crippen molar-refractivity contribution < 1.29 is 43.2 Å². The van der Waals surface area contributed by atoms with Crippen molar-refractivity contribution in [3.8, 4) is 0 Å². The van der Waals surface area contributed by atoms with E-state index in [1.54, 1.807) is 0 Å². The van der Waals surface area contributed by atoms with E-state index >= 15 is 0 Å². The van der Waals surface area contributed by atoms with E-state index in [4.69, 9.17) is 38.5 Å². The number of rotatable bonds is 0. The van der Waals surface area contributed by atoms with E-state index in [0.717, 1.165) is 0 Å². The van der Waals surface area contributed by atoms with Gasteiger partial charge in [0.15, 0.2) is 0 Å². The van der Waals surface area contributed by atoms with E-state index < -0.39 is 15.6 Å². The van der Waals surface area contributed by atoms with Crippen LogP contribution in [-0.2, 0) is 9.13 Å². The molecule has 0 heterocycles. The molecule has 0 aliphatic rings. The van der Waals surface area contributed by atoms with Crippen molar-refractivity contribution in [1.29, 1.82) is 0 Å². The molecule has 0 radical (unpaired) electrons. The first-order valence-electron chi connectivity index (χ1n) is 1.46. The normalized spacial score (nSPS) is 8.43. The van der Waals surface area contributed by atoms with E-state index in [0.29, 0.717) is 0 Å². The molecule has 0 fully saturated rings. The molecule has 0 N–H and O–H groups in total. The Morgan fingerprint density at radius 2 is 0.571 bits per heavy atom. The summed E-state index contributed by atoms with van der Waals surface area (Å²) in [6.45, 7) is 0. The summed E-state index contributed by atoms with van der Waals surface area (Å²) in [4.78, 5) is 51.3. The van der Waals surface area contributed by atoms with Gasteiger partial charge in [-0.2, -0.15) is 15.6 Å². The molecule has 0 saturated heterocycles. The van der Waals surface area contributed by atoms with Gasteiger partial charge in [0.05, 0.1) is 0 Å². The van der Waals surface area contributed by atoms with Crippen LogP contribution in [0.5, 0.6) is 0 Å². The second-order valence-electron chi connectivity index (χ2n) is 0.894. The molecular formula is HFO8P2Sr3. The molecule has 8 nitrogen and oxygen atoms in total. The molecule has 0 spiro atoms. The predicted octanol–water partition coefficient (Wildman–Crippen LogP) is -6.64. The maximum atomic E-state index is 8.55. The zero-order chi connectivity index (χ0) is 9.00. The molecule has 0 bridgehead atoms. The number of hydrogen-bond acceptors (Lipinski definition) is 8. The maximum Gasteiger partial charge on any atom is 2.00 e. The van der Waals surface area contributed by atoms with Crippen LogP contribution >= 0.6 is 15.6 Å². The number of phosphoric acid groups is 2. The van der Waals surface area contributed by atoms with Gasteiger partial charge >= 0.3 is 136 Å². The Morgan fingerprint density at radius 1 is 0.571 bits per heavy atom. The molecule has 0 aliphatic heterocycles. The van der Waals surface area contributed by atoms with Gasteiger partial charge in [-0.25, -0.2) is 0 Å². The van der Waals surface area contributed by atoms with Crippen molar-refractivity contribution in [3.05, 3.63) is 0 Å².